The highest BCUT2D eigenvalue weighted by molar-refractivity contribution is 6.33. The molecule has 0 unspecified atom stereocenters. The Labute approximate surface area is 214 Å². The number of carbonyl (C=O) groups is 2. The summed E-state index contributed by atoms with van der Waals surface area (Å²) in [6, 6.07) is 3.01. The molecule has 2 aliphatic heterocycles. The minimum absolute atomic E-state index is 0.104. The molecule has 8 nitrogen and oxygen atoms in total. The third-order valence-electron chi connectivity index (χ3n) is 7.30. The second kappa shape index (κ2) is 13.3. The first-order valence-corrected chi connectivity index (χ1v) is 13.2. The highest BCUT2D eigenvalue weighted by atomic mass is 35.5. The molecular weight excluding hydrogens is 468 g/mol. The van der Waals surface area contributed by atoms with Crippen LogP contribution >= 0.6 is 11.6 Å². The number of hydrogen-bond donors (Lipinski definition) is 2. The first-order chi connectivity index (χ1) is 16.9. The molecule has 0 aliphatic carbocycles. The zero-order valence-electron chi connectivity index (χ0n) is 21.4. The summed E-state index contributed by atoms with van der Waals surface area (Å²) in [6.45, 7) is 6.54. The summed E-state index contributed by atoms with van der Waals surface area (Å²) in [6.07, 6.45) is 6.73. The molecule has 35 heavy (non-hydrogen) atoms. The molecule has 2 saturated heterocycles. The lowest BCUT2D eigenvalue weighted by Gasteiger charge is -2.41. The average molecular weight is 509 g/mol. The van der Waals surface area contributed by atoms with E-state index in [1.807, 2.05) is 4.90 Å². The van der Waals surface area contributed by atoms with Gasteiger partial charge in [0.15, 0.2) is 0 Å². The van der Waals surface area contributed by atoms with Crippen LogP contribution in [0.1, 0.15) is 62.2 Å². The van der Waals surface area contributed by atoms with Crippen LogP contribution in [0, 0.1) is 5.92 Å². The van der Waals surface area contributed by atoms with E-state index in [2.05, 4.69) is 17.1 Å². The van der Waals surface area contributed by atoms with Gasteiger partial charge in [-0.3, -0.25) is 9.59 Å². The minimum Gasteiger partial charge on any atom is -0.496 e. The Kier molecular flexibility index (Phi) is 10.5. The van der Waals surface area contributed by atoms with Gasteiger partial charge in [-0.25, -0.2) is 0 Å². The maximum Gasteiger partial charge on any atom is 0.255 e. The number of carbonyl (C=O) groups excluding carboxylic acids is 2. The van der Waals surface area contributed by atoms with Crippen LogP contribution in [0.5, 0.6) is 5.75 Å². The number of unbranched alkanes of at least 4 members (excludes halogenated alkanes) is 2. The van der Waals surface area contributed by atoms with Crippen molar-refractivity contribution in [1.82, 2.24) is 15.1 Å². The molecule has 3 N–H and O–H groups in total. The quantitative estimate of drug-likeness (QED) is 0.370. The minimum atomic E-state index is -0.250. The molecule has 0 radical (unpaired) electrons. The lowest BCUT2D eigenvalue weighted by Crippen LogP contribution is -2.55. The van der Waals surface area contributed by atoms with Crippen molar-refractivity contribution in [3.8, 4) is 5.75 Å². The molecule has 9 heteroatoms. The molecule has 0 spiro atoms. The Hall–Kier alpha value is -2.03. The monoisotopic (exact) mass is 508 g/mol. The van der Waals surface area contributed by atoms with Crippen LogP contribution in [0.25, 0.3) is 0 Å². The van der Waals surface area contributed by atoms with Gasteiger partial charge in [-0.1, -0.05) is 31.4 Å². The van der Waals surface area contributed by atoms with Gasteiger partial charge in [0.05, 0.1) is 35.5 Å². The first kappa shape index (κ1) is 27.6. The standard InChI is InChI=1S/C26H41ClN4O4/c1-4-5-6-7-25(32)31-12-8-18(9-13-31)16-30-11-10-22(24(17-30)35-3)29-26(33)19-14-20(27)21(28)15-23(19)34-2/h14-15,18,22,24H,4-13,16-17,28H2,1-3H3,(H,29,33)/t22-,24+/m0/s1. The number of methoxy groups -OCH3 is 2. The maximum absolute atomic E-state index is 13.0. The van der Waals surface area contributed by atoms with Gasteiger partial charge in [0.2, 0.25) is 5.91 Å². The van der Waals surface area contributed by atoms with Gasteiger partial charge in [0, 0.05) is 52.3 Å². The predicted molar refractivity (Wildman–Crippen MR) is 139 cm³/mol. The molecule has 0 aromatic heterocycles. The number of amides is 2. The van der Waals surface area contributed by atoms with Crippen LogP contribution in [-0.2, 0) is 9.53 Å². The number of likely N-dealkylation sites (tertiary alicyclic amines) is 2. The van der Waals surface area contributed by atoms with Gasteiger partial charge in [0.1, 0.15) is 5.75 Å². The summed E-state index contributed by atoms with van der Waals surface area (Å²) in [7, 11) is 3.19. The van der Waals surface area contributed by atoms with Gasteiger partial charge in [-0.15, -0.1) is 0 Å². The predicted octanol–water partition coefficient (Wildman–Crippen LogP) is 3.57. The highest BCUT2D eigenvalue weighted by Gasteiger charge is 2.33. The van der Waals surface area contributed by atoms with Crippen molar-refractivity contribution in [2.45, 2.75) is 64.0 Å². The third kappa shape index (κ3) is 7.48. The van der Waals surface area contributed by atoms with Crippen molar-refractivity contribution in [2.75, 3.05) is 52.7 Å². The number of piperidine rings is 2. The number of nitrogen functional groups attached to an aromatic ring is 1. The van der Waals surface area contributed by atoms with Crippen molar-refractivity contribution in [2.24, 2.45) is 5.92 Å². The van der Waals surface area contributed by atoms with E-state index in [0.29, 0.717) is 40.3 Å². The Morgan fingerprint density at radius 1 is 1.14 bits per heavy atom. The van der Waals surface area contributed by atoms with Crippen molar-refractivity contribution in [3.05, 3.63) is 22.7 Å². The number of halogens is 1. The second-order valence-electron chi connectivity index (χ2n) is 9.76. The SMILES string of the molecule is CCCCCC(=O)N1CCC(CN2CC[C@H](NC(=O)c3cc(Cl)c(N)cc3OC)[C@H](OC)C2)CC1. The maximum atomic E-state index is 13.0. The van der Waals surface area contributed by atoms with Gasteiger partial charge in [-0.05, 0) is 37.7 Å². The summed E-state index contributed by atoms with van der Waals surface area (Å²) < 4.78 is 11.1. The van der Waals surface area contributed by atoms with Gasteiger partial charge < -0.3 is 30.3 Å². The van der Waals surface area contributed by atoms with Crippen LogP contribution in [0.3, 0.4) is 0 Å². The van der Waals surface area contributed by atoms with Crippen LogP contribution in [0.15, 0.2) is 12.1 Å². The van der Waals surface area contributed by atoms with Crippen molar-refractivity contribution in [1.29, 1.82) is 0 Å². The van der Waals surface area contributed by atoms with Crippen LogP contribution in [-0.4, -0.2) is 80.7 Å². The number of nitrogens with zero attached hydrogens (tertiary/aromatic N) is 2. The first-order valence-electron chi connectivity index (χ1n) is 12.8. The number of rotatable bonds is 10. The fourth-order valence-electron chi connectivity index (χ4n) is 5.13. The number of hydrogen-bond acceptors (Lipinski definition) is 6. The van der Waals surface area contributed by atoms with E-state index in [-0.39, 0.29) is 18.1 Å². The molecule has 0 saturated carbocycles. The zero-order chi connectivity index (χ0) is 25.4. The topological polar surface area (TPSA) is 97.1 Å². The van der Waals surface area contributed by atoms with E-state index in [1.54, 1.807) is 19.2 Å². The molecule has 2 atom stereocenters. The normalized spacial score (nSPS) is 21.7. The molecular formula is C26H41ClN4O4. The van der Waals surface area contributed by atoms with E-state index in [4.69, 9.17) is 26.8 Å². The fraction of sp³-hybridized carbons (Fsp3) is 0.692. The van der Waals surface area contributed by atoms with E-state index in [0.717, 1.165) is 71.2 Å². The number of nitrogens with two attached hydrogens (primary N) is 1. The van der Waals surface area contributed by atoms with Gasteiger partial charge >= 0.3 is 0 Å². The molecule has 2 aliphatic rings. The van der Waals surface area contributed by atoms with E-state index >= 15 is 0 Å². The zero-order valence-corrected chi connectivity index (χ0v) is 22.1. The number of ether oxygens (including phenoxy) is 2. The van der Waals surface area contributed by atoms with Crippen LogP contribution in [0.2, 0.25) is 5.02 Å². The van der Waals surface area contributed by atoms with Crippen molar-refractivity contribution in [3.63, 3.8) is 0 Å². The summed E-state index contributed by atoms with van der Waals surface area (Å²) in [5.41, 5.74) is 6.57. The summed E-state index contributed by atoms with van der Waals surface area (Å²) in [5, 5.41) is 3.43. The Bertz CT molecular complexity index is 860. The Morgan fingerprint density at radius 3 is 2.54 bits per heavy atom. The van der Waals surface area contributed by atoms with E-state index < -0.39 is 0 Å². The summed E-state index contributed by atoms with van der Waals surface area (Å²) in [5.74, 6) is 1.04. The number of nitrogens with one attached hydrogen (secondary N) is 1. The number of benzene rings is 1. The summed E-state index contributed by atoms with van der Waals surface area (Å²) in [4.78, 5) is 29.9. The van der Waals surface area contributed by atoms with Crippen molar-refractivity contribution < 1.29 is 19.1 Å². The molecule has 1 aromatic carbocycles. The largest absolute Gasteiger partial charge is 0.496 e. The van der Waals surface area contributed by atoms with Crippen LogP contribution in [0.4, 0.5) is 5.69 Å². The number of anilines is 1. The van der Waals surface area contributed by atoms with Crippen LogP contribution < -0.4 is 15.8 Å². The molecule has 1 aromatic rings. The Balaban J connectivity index is 1.48. The third-order valence-corrected chi connectivity index (χ3v) is 7.63. The fourth-order valence-corrected chi connectivity index (χ4v) is 5.29. The molecule has 196 valence electrons. The molecule has 3 rings (SSSR count). The second-order valence-corrected chi connectivity index (χ2v) is 10.2. The molecule has 0 bridgehead atoms. The summed E-state index contributed by atoms with van der Waals surface area (Å²) >= 11 is 6.14. The van der Waals surface area contributed by atoms with Crippen molar-refractivity contribution >= 4 is 29.1 Å². The molecule has 2 heterocycles. The lowest BCUT2D eigenvalue weighted by molar-refractivity contribution is -0.132. The van der Waals surface area contributed by atoms with E-state index in [1.165, 1.54) is 7.11 Å². The van der Waals surface area contributed by atoms with Gasteiger partial charge in [-0.2, -0.15) is 0 Å². The average Bonchev–Trinajstić information content (AvgIpc) is 2.86. The molecule has 2 amide bonds. The highest BCUT2D eigenvalue weighted by Crippen LogP contribution is 2.29. The lowest BCUT2D eigenvalue weighted by atomic mass is 9.93. The molecule has 2 fully saturated rings. The van der Waals surface area contributed by atoms with E-state index in [9.17, 15) is 9.59 Å². The smallest absolute Gasteiger partial charge is 0.255 e. The van der Waals surface area contributed by atoms with Gasteiger partial charge in [0.25, 0.3) is 5.91 Å². The Morgan fingerprint density at radius 2 is 1.89 bits per heavy atom.